The number of fused-ring (bicyclic) bond motifs is 2. The van der Waals surface area contributed by atoms with Crippen LogP contribution in [0.15, 0.2) is 48.6 Å². The zero-order valence-electron chi connectivity index (χ0n) is 43.6. The van der Waals surface area contributed by atoms with Gasteiger partial charge in [0.15, 0.2) is 23.0 Å². The van der Waals surface area contributed by atoms with E-state index < -0.39 is 11.9 Å². The lowest BCUT2D eigenvalue weighted by molar-refractivity contribution is -0.941. The number of rotatable bonds is 21. The highest BCUT2D eigenvalue weighted by atomic mass is 16.5. The van der Waals surface area contributed by atoms with Crippen LogP contribution < -0.4 is 33.2 Å². The first-order valence-corrected chi connectivity index (χ1v) is 24.0. The van der Waals surface area contributed by atoms with Crippen LogP contribution in [0.1, 0.15) is 86.1 Å². The topological polar surface area (TPSA) is 117 Å². The normalized spacial score (nSPS) is 19.6. The van der Waals surface area contributed by atoms with Gasteiger partial charge in [-0.3, -0.25) is 0 Å². The summed E-state index contributed by atoms with van der Waals surface area (Å²) in [5, 5.41) is 0. The highest BCUT2D eigenvalue weighted by Gasteiger charge is 2.44. The second-order valence-electron chi connectivity index (χ2n) is 19.2. The minimum absolute atomic E-state index is 0.0505. The standard InChI is InChI=1S/C56H76N2O11/c1-35-27-40(32-46(61-8)38(35)4)30-44-51-42(29-36(2)39(5)54(51)65-12)19-23-57(44,6)21-15-25-68-49(59)17-18-50(60)69-26-16-22-58(7)24-20-43-34-48(63-10)55(66-13)56(67-14)52(43)45(58)31-41-28-37(3)53(64-11)47(33-41)62-9/h17-18,27-29,32-34,44-45H,15-16,19-26,30-31H2,1-14H3/q+2/b18-17+. The molecule has 0 bridgehead atoms. The molecule has 0 amide bonds. The molecule has 6 rings (SSSR count). The van der Waals surface area contributed by atoms with Gasteiger partial charge in [0.1, 0.15) is 23.6 Å². The summed E-state index contributed by atoms with van der Waals surface area (Å²) < 4.78 is 53.7. The van der Waals surface area contributed by atoms with E-state index in [4.69, 9.17) is 42.6 Å². The van der Waals surface area contributed by atoms with E-state index in [-0.39, 0.29) is 25.3 Å². The number of ether oxygens (including phenoxy) is 9. The Hall–Kier alpha value is -5.92. The van der Waals surface area contributed by atoms with Crippen molar-refractivity contribution in [2.24, 2.45) is 0 Å². The van der Waals surface area contributed by atoms with Crippen LogP contribution in [0, 0.1) is 34.6 Å². The van der Waals surface area contributed by atoms with E-state index in [0.29, 0.717) is 59.0 Å². The number of aryl methyl sites for hydroxylation is 3. The molecular weight excluding hydrogens is 877 g/mol. The number of methoxy groups -OCH3 is 7. The quantitative estimate of drug-likeness (QED) is 0.0345. The van der Waals surface area contributed by atoms with E-state index in [1.54, 1.807) is 49.8 Å². The van der Waals surface area contributed by atoms with Gasteiger partial charge in [-0.2, -0.15) is 0 Å². The van der Waals surface area contributed by atoms with Crippen LogP contribution in [0.25, 0.3) is 0 Å². The molecule has 13 nitrogen and oxygen atoms in total. The van der Waals surface area contributed by atoms with Gasteiger partial charge in [0, 0.05) is 50.7 Å². The number of quaternary nitrogens is 2. The molecule has 0 aliphatic carbocycles. The number of benzene rings is 4. The maximum atomic E-state index is 12.9. The molecular formula is C56H76N2O11+2. The Kier molecular flexibility index (Phi) is 17.2. The highest BCUT2D eigenvalue weighted by Crippen LogP contribution is 2.51. The number of esters is 2. The van der Waals surface area contributed by atoms with Crippen molar-refractivity contribution in [2.75, 3.05) is 103 Å². The van der Waals surface area contributed by atoms with Crippen molar-refractivity contribution < 1.29 is 61.2 Å². The van der Waals surface area contributed by atoms with E-state index in [0.717, 1.165) is 100 Å². The summed E-state index contributed by atoms with van der Waals surface area (Å²) in [5.74, 6) is 3.88. The van der Waals surface area contributed by atoms with Gasteiger partial charge in [-0.05, 0) is 103 Å². The lowest BCUT2D eigenvalue weighted by atomic mass is 9.83. The van der Waals surface area contributed by atoms with Crippen LogP contribution in [-0.4, -0.2) is 124 Å². The van der Waals surface area contributed by atoms with Gasteiger partial charge in [-0.15, -0.1) is 0 Å². The molecule has 0 N–H and O–H groups in total. The van der Waals surface area contributed by atoms with Crippen LogP contribution in [0.4, 0.5) is 0 Å². The number of carbonyl (C=O) groups excluding carboxylic acids is 2. The Labute approximate surface area is 410 Å². The third-order valence-corrected chi connectivity index (χ3v) is 15.0. The van der Waals surface area contributed by atoms with Gasteiger partial charge in [-0.25, -0.2) is 9.59 Å². The molecule has 2 aliphatic heterocycles. The maximum Gasteiger partial charge on any atom is 0.331 e. The van der Waals surface area contributed by atoms with Crippen LogP contribution in [0.3, 0.4) is 0 Å². The fraction of sp³-hybridized carbons (Fsp3) is 0.500. The highest BCUT2D eigenvalue weighted by molar-refractivity contribution is 5.91. The van der Waals surface area contributed by atoms with Gasteiger partial charge in [0.2, 0.25) is 5.75 Å². The Balaban J connectivity index is 1.08. The van der Waals surface area contributed by atoms with Crippen molar-refractivity contribution in [3.8, 4) is 40.2 Å². The summed E-state index contributed by atoms with van der Waals surface area (Å²) >= 11 is 0. The SMILES string of the molecule is COc1cc(CC2c3c(cc(C)c(C)c3OC)CC[N+]2(C)CCCOC(=O)/C=C/C(=O)OCCC[N+]2(C)CCc3cc(OC)c(OC)c(OC)c3C2Cc2cc(C)c(OC)c(OC)c2)cc(C)c1C. The van der Waals surface area contributed by atoms with Gasteiger partial charge in [0.05, 0.1) is 114 Å². The molecule has 4 unspecified atom stereocenters. The summed E-state index contributed by atoms with van der Waals surface area (Å²) in [6, 6.07) is 13.1. The Morgan fingerprint density at radius 3 is 1.43 bits per heavy atom. The number of likely N-dealkylation sites (N-methyl/N-ethyl adjacent to an activating group) is 2. The van der Waals surface area contributed by atoms with Crippen LogP contribution >= 0.6 is 0 Å². The molecule has 2 aliphatic rings. The summed E-state index contributed by atoms with van der Waals surface area (Å²) in [7, 11) is 16.2. The first-order chi connectivity index (χ1) is 33.0. The fourth-order valence-corrected chi connectivity index (χ4v) is 10.9. The lowest BCUT2D eigenvalue weighted by Crippen LogP contribution is -2.53. The number of nitrogens with zero attached hydrogens (tertiary/aromatic N) is 2. The molecule has 0 aromatic heterocycles. The van der Waals surface area contributed by atoms with E-state index in [1.807, 2.05) is 13.0 Å². The Morgan fingerprint density at radius 1 is 0.507 bits per heavy atom. The largest absolute Gasteiger partial charge is 0.496 e. The minimum atomic E-state index is -0.593. The summed E-state index contributed by atoms with van der Waals surface area (Å²) in [6.45, 7) is 14.2. The number of hydrogen-bond donors (Lipinski definition) is 0. The molecule has 13 heteroatoms. The number of hydrogen-bond acceptors (Lipinski definition) is 11. The number of carbonyl (C=O) groups is 2. The smallest absolute Gasteiger partial charge is 0.331 e. The molecule has 4 aromatic rings. The van der Waals surface area contributed by atoms with Crippen LogP contribution in [0.2, 0.25) is 0 Å². The second kappa shape index (κ2) is 22.7. The maximum absolute atomic E-state index is 12.9. The molecule has 0 saturated carbocycles. The molecule has 0 saturated heterocycles. The summed E-state index contributed by atoms with van der Waals surface area (Å²) in [6.07, 6.45) is 6.74. The van der Waals surface area contributed by atoms with Gasteiger partial charge in [-0.1, -0.05) is 18.2 Å². The predicted molar refractivity (Wildman–Crippen MR) is 268 cm³/mol. The summed E-state index contributed by atoms with van der Waals surface area (Å²) in [5.41, 5.74) is 12.8. The van der Waals surface area contributed by atoms with E-state index in [1.165, 1.54) is 27.8 Å². The van der Waals surface area contributed by atoms with Gasteiger partial charge >= 0.3 is 11.9 Å². The zero-order valence-corrected chi connectivity index (χ0v) is 43.6. The molecule has 0 radical (unpaired) electrons. The molecule has 4 atom stereocenters. The monoisotopic (exact) mass is 953 g/mol. The average Bonchev–Trinajstić information content (AvgIpc) is 3.33. The predicted octanol–water partition coefficient (Wildman–Crippen LogP) is 8.98. The Bertz CT molecular complexity index is 2530. The molecule has 69 heavy (non-hydrogen) atoms. The summed E-state index contributed by atoms with van der Waals surface area (Å²) in [4.78, 5) is 25.9. The van der Waals surface area contributed by atoms with E-state index in [9.17, 15) is 9.59 Å². The zero-order chi connectivity index (χ0) is 50.2. The van der Waals surface area contributed by atoms with Crippen molar-refractivity contribution in [1.29, 1.82) is 0 Å². The molecule has 4 aromatic carbocycles. The van der Waals surface area contributed by atoms with E-state index >= 15 is 0 Å². The van der Waals surface area contributed by atoms with Crippen molar-refractivity contribution in [2.45, 2.75) is 85.2 Å². The van der Waals surface area contributed by atoms with Crippen molar-refractivity contribution in [3.05, 3.63) is 110 Å². The minimum Gasteiger partial charge on any atom is -0.496 e. The molecule has 2 heterocycles. The first-order valence-electron chi connectivity index (χ1n) is 24.0. The second-order valence-corrected chi connectivity index (χ2v) is 19.2. The van der Waals surface area contributed by atoms with Gasteiger partial charge in [0.25, 0.3) is 0 Å². The Morgan fingerprint density at radius 2 is 0.942 bits per heavy atom. The first kappa shape index (κ1) is 52.5. The lowest BCUT2D eigenvalue weighted by Gasteiger charge is -2.46. The van der Waals surface area contributed by atoms with Gasteiger partial charge < -0.3 is 51.6 Å². The third-order valence-electron chi connectivity index (χ3n) is 15.0. The van der Waals surface area contributed by atoms with Crippen molar-refractivity contribution in [3.63, 3.8) is 0 Å². The molecule has 0 fully saturated rings. The van der Waals surface area contributed by atoms with E-state index in [2.05, 4.69) is 72.1 Å². The van der Waals surface area contributed by atoms with Crippen LogP contribution in [-0.2, 0) is 44.7 Å². The fourth-order valence-electron chi connectivity index (χ4n) is 10.9. The molecule has 0 spiro atoms. The third kappa shape index (κ3) is 11.3. The van der Waals surface area contributed by atoms with Crippen LogP contribution in [0.5, 0.6) is 40.2 Å². The molecule has 374 valence electrons. The van der Waals surface area contributed by atoms with Crippen molar-refractivity contribution >= 4 is 11.9 Å². The average molecular weight is 953 g/mol. The van der Waals surface area contributed by atoms with Crippen molar-refractivity contribution in [1.82, 2.24) is 0 Å².